The van der Waals surface area contributed by atoms with Crippen molar-refractivity contribution in [1.29, 1.82) is 0 Å². The van der Waals surface area contributed by atoms with Crippen molar-refractivity contribution < 1.29 is 0 Å². The molecule has 2 aromatic carbocycles. The second-order valence-corrected chi connectivity index (χ2v) is 10.4. The van der Waals surface area contributed by atoms with Crippen LogP contribution in [0.1, 0.15) is 42.4 Å². The van der Waals surface area contributed by atoms with Gasteiger partial charge in [0.15, 0.2) is 22.3 Å². The van der Waals surface area contributed by atoms with Crippen molar-refractivity contribution in [1.82, 2.24) is 44.1 Å². The predicted octanol–water partition coefficient (Wildman–Crippen LogP) is 5.29. The summed E-state index contributed by atoms with van der Waals surface area (Å²) in [4.78, 5) is 9.39. The van der Waals surface area contributed by atoms with Crippen molar-refractivity contribution >= 4 is 40.0 Å². The number of nitrogens with zero attached hydrogens (tertiary/aromatic N) is 9. The molecule has 2 atom stereocenters. The van der Waals surface area contributed by atoms with E-state index >= 15 is 0 Å². The van der Waals surface area contributed by atoms with Crippen LogP contribution in [0, 0.1) is 0 Å². The van der Waals surface area contributed by atoms with E-state index in [2.05, 4.69) is 49.0 Å². The summed E-state index contributed by atoms with van der Waals surface area (Å²) >= 11 is 7.66. The molecule has 0 spiro atoms. The van der Waals surface area contributed by atoms with E-state index in [0.717, 1.165) is 51.3 Å². The second-order valence-electron chi connectivity index (χ2n) is 9.04. The first-order valence-corrected chi connectivity index (χ1v) is 13.5. The molecule has 0 N–H and O–H groups in total. The first kappa shape index (κ1) is 22.4. The molecule has 37 heavy (non-hydrogen) atoms. The number of aromatic nitrogens is 9. The van der Waals surface area contributed by atoms with Gasteiger partial charge in [-0.2, -0.15) is 5.10 Å². The summed E-state index contributed by atoms with van der Waals surface area (Å²) in [5.41, 5.74) is 3.75. The Balaban J connectivity index is 1.11. The van der Waals surface area contributed by atoms with Gasteiger partial charge >= 0.3 is 0 Å². The lowest BCUT2D eigenvalue weighted by Gasteiger charge is -2.06. The van der Waals surface area contributed by atoms with Gasteiger partial charge in [0.25, 0.3) is 0 Å². The van der Waals surface area contributed by atoms with E-state index in [9.17, 15) is 0 Å². The summed E-state index contributed by atoms with van der Waals surface area (Å²) < 4.78 is 5.75. The fourth-order valence-electron chi connectivity index (χ4n) is 4.85. The Bertz CT molecular complexity index is 1720. The summed E-state index contributed by atoms with van der Waals surface area (Å²) in [7, 11) is 0. The van der Waals surface area contributed by atoms with E-state index in [0.29, 0.717) is 23.4 Å². The molecular formula is C26H22ClN9S. The number of halogens is 1. The zero-order valence-electron chi connectivity index (χ0n) is 19.9. The molecule has 7 rings (SSSR count). The van der Waals surface area contributed by atoms with Gasteiger partial charge in [0.2, 0.25) is 0 Å². The number of benzene rings is 2. The van der Waals surface area contributed by atoms with Crippen LogP contribution in [-0.4, -0.2) is 44.1 Å². The molecule has 11 heteroatoms. The molecule has 4 heterocycles. The number of rotatable bonds is 7. The molecular weight excluding hydrogens is 506 g/mol. The smallest absolute Gasteiger partial charge is 0.191 e. The summed E-state index contributed by atoms with van der Waals surface area (Å²) in [6.45, 7) is 2.95. The molecule has 6 aromatic rings. The Labute approximate surface area is 221 Å². The van der Waals surface area contributed by atoms with E-state index in [1.165, 1.54) is 5.56 Å². The quantitative estimate of drug-likeness (QED) is 0.260. The van der Waals surface area contributed by atoms with E-state index < -0.39 is 0 Å². The highest BCUT2D eigenvalue weighted by molar-refractivity contribution is 7.98. The monoisotopic (exact) mass is 527 g/mol. The minimum Gasteiger partial charge on any atom is -0.306 e. The van der Waals surface area contributed by atoms with Crippen LogP contribution in [0.5, 0.6) is 0 Å². The Morgan fingerprint density at radius 3 is 2.65 bits per heavy atom. The standard InChI is InChI=1S/C26H22ClN9S/c1-2-34-25(20-12-19(20)16-8-10-17(27)11-9-16)31-32-26(34)37-14-22-30-24-21-13-29-36(18-6-4-3-5-7-18)23(21)28-15-35(24)33-22/h3-11,13,15,19-20H,2,12,14H2,1H3/t19-,20-/m1/s1. The summed E-state index contributed by atoms with van der Waals surface area (Å²) in [6, 6.07) is 18.1. The maximum absolute atomic E-state index is 6.06. The zero-order chi connectivity index (χ0) is 24.9. The Kier molecular flexibility index (Phi) is 5.44. The minimum absolute atomic E-state index is 0.386. The first-order valence-electron chi connectivity index (χ1n) is 12.1. The third kappa shape index (κ3) is 3.96. The maximum Gasteiger partial charge on any atom is 0.191 e. The molecule has 4 aromatic heterocycles. The van der Waals surface area contributed by atoms with Gasteiger partial charge in [-0.05, 0) is 49.1 Å². The van der Waals surface area contributed by atoms with Gasteiger partial charge in [0.05, 0.1) is 23.0 Å². The predicted molar refractivity (Wildman–Crippen MR) is 142 cm³/mol. The Hall–Kier alpha value is -3.76. The van der Waals surface area contributed by atoms with Crippen molar-refractivity contribution in [2.75, 3.05) is 0 Å². The van der Waals surface area contributed by atoms with Crippen LogP contribution in [-0.2, 0) is 12.3 Å². The minimum atomic E-state index is 0.386. The largest absolute Gasteiger partial charge is 0.306 e. The molecule has 0 radical (unpaired) electrons. The van der Waals surface area contributed by atoms with Crippen molar-refractivity contribution in [2.24, 2.45) is 0 Å². The van der Waals surface area contributed by atoms with E-state index in [4.69, 9.17) is 16.6 Å². The van der Waals surface area contributed by atoms with Gasteiger partial charge in [-0.3, -0.25) is 0 Å². The molecule has 1 aliphatic carbocycles. The van der Waals surface area contributed by atoms with Crippen molar-refractivity contribution in [3.8, 4) is 5.69 Å². The van der Waals surface area contributed by atoms with E-state index in [1.54, 1.807) is 28.8 Å². The average Bonchev–Trinajstić information content (AvgIpc) is 3.26. The third-order valence-corrected chi connectivity index (χ3v) is 7.98. The van der Waals surface area contributed by atoms with Crippen LogP contribution in [0.25, 0.3) is 22.4 Å². The van der Waals surface area contributed by atoms with Crippen molar-refractivity contribution in [3.05, 3.63) is 89.4 Å². The molecule has 0 aliphatic heterocycles. The lowest BCUT2D eigenvalue weighted by atomic mass is 10.1. The third-order valence-electron chi connectivity index (χ3n) is 6.76. The molecule has 0 saturated heterocycles. The fraction of sp³-hybridized carbons (Fsp3) is 0.231. The summed E-state index contributed by atoms with van der Waals surface area (Å²) in [5.74, 6) is 3.20. The summed E-state index contributed by atoms with van der Waals surface area (Å²) in [5, 5.41) is 20.8. The lowest BCUT2D eigenvalue weighted by Crippen LogP contribution is -2.03. The average molecular weight is 528 g/mol. The van der Waals surface area contributed by atoms with Gasteiger partial charge in [-0.25, -0.2) is 19.2 Å². The van der Waals surface area contributed by atoms with Crippen molar-refractivity contribution in [3.63, 3.8) is 0 Å². The Morgan fingerprint density at radius 2 is 1.84 bits per heavy atom. The van der Waals surface area contributed by atoms with E-state index in [1.807, 2.05) is 47.1 Å². The molecule has 9 nitrogen and oxygen atoms in total. The Morgan fingerprint density at radius 1 is 1.00 bits per heavy atom. The number of para-hydroxylation sites is 1. The first-order chi connectivity index (χ1) is 18.2. The van der Waals surface area contributed by atoms with Crippen LogP contribution in [0.15, 0.2) is 72.3 Å². The second kappa shape index (κ2) is 8.97. The topological polar surface area (TPSA) is 91.6 Å². The number of hydrogen-bond donors (Lipinski definition) is 0. The fourth-order valence-corrected chi connectivity index (χ4v) is 5.83. The number of hydrogen-bond acceptors (Lipinski definition) is 7. The normalized spacial score (nSPS) is 17.1. The maximum atomic E-state index is 6.06. The number of thioether (sulfide) groups is 1. The summed E-state index contributed by atoms with van der Waals surface area (Å²) in [6.07, 6.45) is 4.57. The van der Waals surface area contributed by atoms with Gasteiger partial charge in [-0.1, -0.05) is 53.7 Å². The van der Waals surface area contributed by atoms with Crippen molar-refractivity contribution in [2.45, 2.75) is 42.6 Å². The van der Waals surface area contributed by atoms with Crippen LogP contribution in [0.4, 0.5) is 0 Å². The van der Waals surface area contributed by atoms with Crippen LogP contribution in [0.3, 0.4) is 0 Å². The van der Waals surface area contributed by atoms with Gasteiger partial charge in [0, 0.05) is 17.5 Å². The molecule has 0 unspecified atom stereocenters. The molecule has 1 aliphatic rings. The molecule has 1 fully saturated rings. The molecule has 1 saturated carbocycles. The van der Waals surface area contributed by atoms with Gasteiger partial charge in [0.1, 0.15) is 12.2 Å². The molecule has 0 amide bonds. The van der Waals surface area contributed by atoms with Crippen LogP contribution in [0.2, 0.25) is 5.02 Å². The van der Waals surface area contributed by atoms with E-state index in [-0.39, 0.29) is 0 Å². The highest BCUT2D eigenvalue weighted by Gasteiger charge is 2.43. The molecule has 0 bridgehead atoms. The van der Waals surface area contributed by atoms with Gasteiger partial charge < -0.3 is 4.57 Å². The molecule has 184 valence electrons. The van der Waals surface area contributed by atoms with Gasteiger partial charge in [-0.15, -0.1) is 15.3 Å². The zero-order valence-corrected chi connectivity index (χ0v) is 21.5. The highest BCUT2D eigenvalue weighted by atomic mass is 35.5. The van der Waals surface area contributed by atoms with Crippen LogP contribution < -0.4 is 0 Å². The lowest BCUT2D eigenvalue weighted by molar-refractivity contribution is 0.640. The highest BCUT2D eigenvalue weighted by Crippen LogP contribution is 2.54. The number of fused-ring (bicyclic) bond motifs is 3. The SMILES string of the molecule is CCn1c(SCc2nc3c4cnn(-c5ccccc5)c4ncn3n2)nnc1[C@@H]1C[C@@H]1c1ccc(Cl)cc1. The van der Waals surface area contributed by atoms with Crippen LogP contribution >= 0.6 is 23.4 Å².